The van der Waals surface area contributed by atoms with Gasteiger partial charge in [0.1, 0.15) is 0 Å². The number of hydrogen-bond acceptors (Lipinski definition) is 6. The van der Waals surface area contributed by atoms with Crippen molar-refractivity contribution in [3.8, 4) is 0 Å². The highest BCUT2D eigenvalue weighted by Crippen LogP contribution is 2.35. The molecule has 0 N–H and O–H groups in total. The van der Waals surface area contributed by atoms with E-state index in [4.69, 9.17) is 20.4 Å². The van der Waals surface area contributed by atoms with Crippen LogP contribution < -0.4 is 0 Å². The standard InChI is InChI=1S/C32H28N6/c1-37-33-29(23-15-7-3-8-16-23)27(30(34-37)24-17-9-4-10-18-24)28-31(25-19-11-5-12-20-25)35-38(2)36-32(28)26-21-13-6-14-22-26/h3-22,27-28H,1-2H3. The van der Waals surface area contributed by atoms with Crippen LogP contribution >= 0.6 is 0 Å². The van der Waals surface area contributed by atoms with Crippen LogP contribution in [-0.4, -0.2) is 47.2 Å². The Morgan fingerprint density at radius 3 is 0.789 bits per heavy atom. The quantitative estimate of drug-likeness (QED) is 0.355. The lowest BCUT2D eigenvalue weighted by atomic mass is 9.71. The van der Waals surface area contributed by atoms with Gasteiger partial charge < -0.3 is 0 Å². The van der Waals surface area contributed by atoms with E-state index in [0.717, 1.165) is 45.1 Å². The summed E-state index contributed by atoms with van der Waals surface area (Å²) >= 11 is 0. The fraction of sp³-hybridized carbons (Fsp3) is 0.125. The third-order valence-corrected chi connectivity index (χ3v) is 6.80. The summed E-state index contributed by atoms with van der Waals surface area (Å²) in [5, 5.41) is 23.3. The van der Waals surface area contributed by atoms with Crippen molar-refractivity contribution in [2.45, 2.75) is 0 Å². The van der Waals surface area contributed by atoms with Gasteiger partial charge in [-0.05, 0) is 22.3 Å². The normalized spacial score (nSPS) is 16.5. The Morgan fingerprint density at radius 2 is 0.579 bits per heavy atom. The van der Waals surface area contributed by atoms with Crippen molar-refractivity contribution in [3.63, 3.8) is 0 Å². The molecule has 4 aromatic carbocycles. The molecule has 2 aliphatic rings. The van der Waals surface area contributed by atoms with E-state index in [1.807, 2.05) is 38.4 Å². The molecule has 2 aliphatic heterocycles. The molecule has 0 atom stereocenters. The summed E-state index contributed by atoms with van der Waals surface area (Å²) in [6, 6.07) is 41.4. The maximum absolute atomic E-state index is 5.00. The number of hydrogen-bond donors (Lipinski definition) is 0. The number of benzene rings is 4. The molecule has 6 rings (SSSR count). The lowest BCUT2D eigenvalue weighted by molar-refractivity contribution is 0.354. The number of hydrazone groups is 4. The van der Waals surface area contributed by atoms with Crippen LogP contribution in [0.15, 0.2) is 142 Å². The minimum atomic E-state index is -0.234. The number of nitrogens with zero attached hydrogens (tertiary/aromatic N) is 6. The van der Waals surface area contributed by atoms with Gasteiger partial charge in [-0.1, -0.05) is 121 Å². The minimum absolute atomic E-state index is 0.234. The lowest BCUT2D eigenvalue weighted by Gasteiger charge is -2.37. The summed E-state index contributed by atoms with van der Waals surface area (Å²) in [5.74, 6) is -0.467. The SMILES string of the molecule is CN1N=C(c2ccccc2)C(C2C(c3ccccc3)=NN(C)N=C2c2ccccc2)C(c2ccccc2)=N1. The molecule has 0 aromatic heterocycles. The Bertz CT molecular complexity index is 1290. The molecule has 0 aliphatic carbocycles. The first kappa shape index (κ1) is 23.6. The van der Waals surface area contributed by atoms with Gasteiger partial charge in [-0.2, -0.15) is 30.6 Å². The maximum Gasteiger partial charge on any atom is 0.0800 e. The molecule has 2 heterocycles. The first-order valence-electron chi connectivity index (χ1n) is 12.7. The van der Waals surface area contributed by atoms with E-state index in [1.165, 1.54) is 0 Å². The molecule has 0 unspecified atom stereocenters. The smallest absolute Gasteiger partial charge is 0.0800 e. The Labute approximate surface area is 222 Å². The van der Waals surface area contributed by atoms with Crippen LogP contribution in [0.5, 0.6) is 0 Å². The van der Waals surface area contributed by atoms with E-state index in [1.54, 1.807) is 10.2 Å². The van der Waals surface area contributed by atoms with Gasteiger partial charge in [0.2, 0.25) is 0 Å². The van der Waals surface area contributed by atoms with Gasteiger partial charge in [0.15, 0.2) is 0 Å². The van der Waals surface area contributed by atoms with Crippen molar-refractivity contribution in [2.24, 2.45) is 32.2 Å². The Kier molecular flexibility index (Phi) is 6.36. The molecule has 186 valence electrons. The van der Waals surface area contributed by atoms with Crippen LogP contribution in [0.4, 0.5) is 0 Å². The molecule has 0 amide bonds. The van der Waals surface area contributed by atoms with Crippen molar-refractivity contribution >= 4 is 22.8 Å². The summed E-state index contributed by atoms with van der Waals surface area (Å²) in [5.41, 5.74) is 7.93. The second-order valence-electron chi connectivity index (χ2n) is 9.34. The van der Waals surface area contributed by atoms with Gasteiger partial charge in [-0.15, -0.1) is 0 Å². The Hall–Kier alpha value is -4.84. The molecule has 4 aromatic rings. The van der Waals surface area contributed by atoms with Gasteiger partial charge in [0.25, 0.3) is 0 Å². The topological polar surface area (TPSA) is 55.9 Å². The molecule has 0 fully saturated rings. The summed E-state index contributed by atoms with van der Waals surface area (Å²) in [4.78, 5) is 0. The lowest BCUT2D eigenvalue weighted by Crippen LogP contribution is -2.47. The van der Waals surface area contributed by atoms with E-state index in [0.29, 0.717) is 0 Å². The highest BCUT2D eigenvalue weighted by Gasteiger charge is 2.43. The predicted octanol–water partition coefficient (Wildman–Crippen LogP) is 5.73. The molecule has 0 saturated heterocycles. The molecular weight excluding hydrogens is 468 g/mol. The van der Waals surface area contributed by atoms with Crippen LogP contribution in [0, 0.1) is 11.8 Å². The zero-order valence-corrected chi connectivity index (χ0v) is 21.4. The molecule has 0 bridgehead atoms. The van der Waals surface area contributed by atoms with E-state index >= 15 is 0 Å². The summed E-state index contributed by atoms with van der Waals surface area (Å²) in [6.45, 7) is 0. The molecular formula is C32H28N6. The molecule has 38 heavy (non-hydrogen) atoms. The minimum Gasteiger partial charge on any atom is -0.188 e. The fourth-order valence-electron chi connectivity index (χ4n) is 5.19. The van der Waals surface area contributed by atoms with Gasteiger partial charge in [-0.3, -0.25) is 0 Å². The predicted molar refractivity (Wildman–Crippen MR) is 154 cm³/mol. The Morgan fingerprint density at radius 1 is 0.368 bits per heavy atom. The van der Waals surface area contributed by atoms with E-state index < -0.39 is 0 Å². The van der Waals surface area contributed by atoms with Crippen LogP contribution in [-0.2, 0) is 0 Å². The van der Waals surface area contributed by atoms with E-state index in [2.05, 4.69) is 97.1 Å². The highest BCUT2D eigenvalue weighted by atomic mass is 15.7. The summed E-state index contributed by atoms with van der Waals surface area (Å²) < 4.78 is 0. The zero-order chi connectivity index (χ0) is 25.9. The van der Waals surface area contributed by atoms with Gasteiger partial charge in [0, 0.05) is 14.1 Å². The van der Waals surface area contributed by atoms with Gasteiger partial charge >= 0.3 is 0 Å². The first-order valence-corrected chi connectivity index (χ1v) is 12.7. The van der Waals surface area contributed by atoms with Crippen LogP contribution in [0.2, 0.25) is 0 Å². The van der Waals surface area contributed by atoms with Crippen molar-refractivity contribution in [2.75, 3.05) is 14.1 Å². The Balaban J connectivity index is 1.62. The van der Waals surface area contributed by atoms with Crippen molar-refractivity contribution in [1.29, 1.82) is 0 Å². The van der Waals surface area contributed by atoms with Crippen LogP contribution in [0.1, 0.15) is 22.3 Å². The van der Waals surface area contributed by atoms with E-state index in [9.17, 15) is 0 Å². The molecule has 0 radical (unpaired) electrons. The third kappa shape index (κ3) is 4.52. The average molecular weight is 497 g/mol. The maximum atomic E-state index is 5.00. The van der Waals surface area contributed by atoms with Crippen molar-refractivity contribution in [1.82, 2.24) is 10.2 Å². The van der Waals surface area contributed by atoms with Crippen LogP contribution in [0.25, 0.3) is 0 Å². The monoisotopic (exact) mass is 496 g/mol. The first-order chi connectivity index (χ1) is 18.7. The van der Waals surface area contributed by atoms with Crippen LogP contribution in [0.3, 0.4) is 0 Å². The van der Waals surface area contributed by atoms with Crippen molar-refractivity contribution in [3.05, 3.63) is 144 Å². The van der Waals surface area contributed by atoms with Gasteiger partial charge in [0.05, 0.1) is 34.7 Å². The molecule has 6 heteroatoms. The van der Waals surface area contributed by atoms with E-state index in [-0.39, 0.29) is 11.8 Å². The second kappa shape index (κ2) is 10.3. The summed E-state index contributed by atoms with van der Waals surface area (Å²) in [7, 11) is 3.77. The zero-order valence-electron chi connectivity index (χ0n) is 21.4. The molecule has 0 saturated carbocycles. The number of rotatable bonds is 5. The second-order valence-corrected chi connectivity index (χ2v) is 9.34. The largest absolute Gasteiger partial charge is 0.188 e. The molecule has 0 spiro atoms. The van der Waals surface area contributed by atoms with Gasteiger partial charge in [-0.25, -0.2) is 0 Å². The summed E-state index contributed by atoms with van der Waals surface area (Å²) in [6.07, 6.45) is 0. The third-order valence-electron chi connectivity index (χ3n) is 6.80. The molecule has 6 nitrogen and oxygen atoms in total. The average Bonchev–Trinajstić information content (AvgIpc) is 2.98. The van der Waals surface area contributed by atoms with Crippen molar-refractivity contribution < 1.29 is 0 Å². The highest BCUT2D eigenvalue weighted by molar-refractivity contribution is 6.30. The fourth-order valence-corrected chi connectivity index (χ4v) is 5.19.